The van der Waals surface area contributed by atoms with Crippen LogP contribution in [0.25, 0.3) is 0 Å². The van der Waals surface area contributed by atoms with Gasteiger partial charge in [0, 0.05) is 65.6 Å². The van der Waals surface area contributed by atoms with E-state index in [1.54, 1.807) is 0 Å². The van der Waals surface area contributed by atoms with Gasteiger partial charge in [0.1, 0.15) is 0 Å². The summed E-state index contributed by atoms with van der Waals surface area (Å²) in [6.07, 6.45) is 8.61. The van der Waals surface area contributed by atoms with Crippen molar-refractivity contribution < 1.29 is 9.53 Å². The number of piperazine rings is 1. The molecule has 1 unspecified atom stereocenters. The quantitative estimate of drug-likeness (QED) is 0.343. The molecule has 2 aliphatic heterocycles. The molecule has 178 valence electrons. The second-order valence-corrected chi connectivity index (χ2v) is 9.56. The van der Waals surface area contributed by atoms with Crippen molar-refractivity contribution in [3.63, 3.8) is 0 Å². The standard InChI is InChI=1S/C24H45N5O2/c1-4-25-23(26-20-24(10-6-7-11-24)12-19-31-5-2)29-17-15-27(16-18-29)21(3)22(30)28-13-8-9-14-28/h21H,4-20H2,1-3H3,(H,25,26). The number of nitrogens with zero attached hydrogens (tertiary/aromatic N) is 4. The zero-order chi connectivity index (χ0) is 22.1. The van der Waals surface area contributed by atoms with Gasteiger partial charge in [-0.25, -0.2) is 0 Å². The van der Waals surface area contributed by atoms with Crippen LogP contribution in [0.4, 0.5) is 0 Å². The second kappa shape index (κ2) is 12.0. The lowest BCUT2D eigenvalue weighted by atomic mass is 9.83. The Morgan fingerprint density at radius 3 is 2.29 bits per heavy atom. The smallest absolute Gasteiger partial charge is 0.239 e. The number of carbonyl (C=O) groups excluding carboxylic acids is 1. The number of carbonyl (C=O) groups is 1. The minimum atomic E-state index is -0.0138. The van der Waals surface area contributed by atoms with E-state index in [9.17, 15) is 4.79 Å². The Labute approximate surface area is 189 Å². The van der Waals surface area contributed by atoms with Crippen LogP contribution in [-0.2, 0) is 9.53 Å². The first-order chi connectivity index (χ1) is 15.1. The van der Waals surface area contributed by atoms with E-state index < -0.39 is 0 Å². The van der Waals surface area contributed by atoms with Crippen molar-refractivity contribution in [1.82, 2.24) is 20.0 Å². The maximum absolute atomic E-state index is 12.8. The van der Waals surface area contributed by atoms with Crippen LogP contribution in [0.5, 0.6) is 0 Å². The van der Waals surface area contributed by atoms with Crippen molar-refractivity contribution in [1.29, 1.82) is 0 Å². The van der Waals surface area contributed by atoms with Crippen molar-refractivity contribution in [2.45, 2.75) is 71.8 Å². The molecule has 3 fully saturated rings. The fourth-order valence-corrected chi connectivity index (χ4v) is 5.39. The van der Waals surface area contributed by atoms with Crippen LogP contribution in [0, 0.1) is 5.41 Å². The molecule has 1 atom stereocenters. The lowest BCUT2D eigenvalue weighted by Gasteiger charge is -2.40. The predicted octanol–water partition coefficient (Wildman–Crippen LogP) is 2.57. The van der Waals surface area contributed by atoms with Crippen molar-refractivity contribution in [2.75, 3.05) is 65.6 Å². The minimum absolute atomic E-state index is 0.0138. The molecule has 0 aromatic carbocycles. The van der Waals surface area contributed by atoms with Crippen molar-refractivity contribution in [2.24, 2.45) is 10.4 Å². The number of hydrogen-bond donors (Lipinski definition) is 1. The van der Waals surface area contributed by atoms with Crippen LogP contribution in [0.15, 0.2) is 4.99 Å². The lowest BCUT2D eigenvalue weighted by Crippen LogP contribution is -2.57. The van der Waals surface area contributed by atoms with Gasteiger partial charge in [-0.2, -0.15) is 0 Å². The van der Waals surface area contributed by atoms with Gasteiger partial charge in [0.15, 0.2) is 5.96 Å². The third-order valence-corrected chi connectivity index (χ3v) is 7.48. The molecule has 1 amide bonds. The zero-order valence-corrected chi connectivity index (χ0v) is 20.2. The number of rotatable bonds is 9. The van der Waals surface area contributed by atoms with Gasteiger partial charge in [-0.15, -0.1) is 0 Å². The summed E-state index contributed by atoms with van der Waals surface area (Å²) in [5.41, 5.74) is 0.314. The summed E-state index contributed by atoms with van der Waals surface area (Å²) in [6, 6.07) is -0.0138. The van der Waals surface area contributed by atoms with Gasteiger partial charge in [0.05, 0.1) is 6.04 Å². The SMILES string of the molecule is CCNC(=NCC1(CCOCC)CCCC1)N1CCN(C(C)C(=O)N2CCCC2)CC1. The third-order valence-electron chi connectivity index (χ3n) is 7.48. The molecule has 0 bridgehead atoms. The van der Waals surface area contributed by atoms with Gasteiger partial charge in [0.2, 0.25) is 5.91 Å². The summed E-state index contributed by atoms with van der Waals surface area (Å²) >= 11 is 0. The Balaban J connectivity index is 1.54. The number of likely N-dealkylation sites (tertiary alicyclic amines) is 1. The topological polar surface area (TPSA) is 60.4 Å². The molecule has 0 radical (unpaired) electrons. The normalized spacial score (nSPS) is 23.4. The van der Waals surface area contributed by atoms with E-state index in [2.05, 4.69) is 35.9 Å². The van der Waals surface area contributed by atoms with E-state index in [1.807, 2.05) is 4.90 Å². The summed E-state index contributed by atoms with van der Waals surface area (Å²) < 4.78 is 5.67. The maximum Gasteiger partial charge on any atom is 0.239 e. The van der Waals surface area contributed by atoms with Gasteiger partial charge in [-0.3, -0.25) is 14.7 Å². The molecule has 0 aromatic heterocycles. The largest absolute Gasteiger partial charge is 0.382 e. The fourth-order valence-electron chi connectivity index (χ4n) is 5.39. The van der Waals surface area contributed by atoms with Crippen LogP contribution >= 0.6 is 0 Å². The minimum Gasteiger partial charge on any atom is -0.382 e. The molecular formula is C24H45N5O2. The Bertz CT molecular complexity index is 577. The predicted molar refractivity (Wildman–Crippen MR) is 126 cm³/mol. The van der Waals surface area contributed by atoms with Crippen LogP contribution in [-0.4, -0.2) is 98.2 Å². The Morgan fingerprint density at radius 2 is 1.68 bits per heavy atom. The number of guanidine groups is 1. The molecule has 3 rings (SSSR count). The van der Waals surface area contributed by atoms with Gasteiger partial charge in [-0.1, -0.05) is 12.8 Å². The van der Waals surface area contributed by atoms with Gasteiger partial charge in [0.25, 0.3) is 0 Å². The second-order valence-electron chi connectivity index (χ2n) is 9.56. The first-order valence-corrected chi connectivity index (χ1v) is 12.7. The molecule has 0 spiro atoms. The molecule has 2 saturated heterocycles. The van der Waals surface area contributed by atoms with Gasteiger partial charge < -0.3 is 19.9 Å². The molecule has 2 heterocycles. The van der Waals surface area contributed by atoms with Crippen LogP contribution in [0.2, 0.25) is 0 Å². The highest BCUT2D eigenvalue weighted by Gasteiger charge is 2.34. The zero-order valence-electron chi connectivity index (χ0n) is 20.2. The molecular weight excluding hydrogens is 390 g/mol. The van der Waals surface area contributed by atoms with E-state index in [0.29, 0.717) is 11.3 Å². The van der Waals surface area contributed by atoms with Crippen LogP contribution in [0.1, 0.15) is 65.7 Å². The summed E-state index contributed by atoms with van der Waals surface area (Å²) in [5, 5.41) is 3.52. The number of hydrogen-bond acceptors (Lipinski definition) is 4. The molecule has 0 aromatic rings. The average Bonchev–Trinajstić information content (AvgIpc) is 3.49. The number of nitrogens with one attached hydrogen (secondary N) is 1. The molecule has 31 heavy (non-hydrogen) atoms. The highest BCUT2D eigenvalue weighted by molar-refractivity contribution is 5.82. The Kier molecular flexibility index (Phi) is 9.45. The molecule has 7 nitrogen and oxygen atoms in total. The Morgan fingerprint density at radius 1 is 1.00 bits per heavy atom. The monoisotopic (exact) mass is 435 g/mol. The number of aliphatic imine (C=N–C) groups is 1. The first-order valence-electron chi connectivity index (χ1n) is 12.7. The molecule has 1 saturated carbocycles. The highest BCUT2D eigenvalue weighted by Crippen LogP contribution is 2.41. The average molecular weight is 436 g/mol. The summed E-state index contributed by atoms with van der Waals surface area (Å²) in [6.45, 7) is 15.3. The van der Waals surface area contributed by atoms with Gasteiger partial charge in [-0.05, 0) is 58.3 Å². The summed E-state index contributed by atoms with van der Waals surface area (Å²) in [5.74, 6) is 1.35. The van der Waals surface area contributed by atoms with Gasteiger partial charge >= 0.3 is 0 Å². The highest BCUT2D eigenvalue weighted by atomic mass is 16.5. The lowest BCUT2D eigenvalue weighted by molar-refractivity contribution is -0.135. The van der Waals surface area contributed by atoms with E-state index in [0.717, 1.165) is 90.8 Å². The molecule has 1 aliphatic carbocycles. The summed E-state index contributed by atoms with van der Waals surface area (Å²) in [7, 11) is 0. The van der Waals surface area contributed by atoms with Crippen LogP contribution in [0.3, 0.4) is 0 Å². The van der Waals surface area contributed by atoms with E-state index in [-0.39, 0.29) is 6.04 Å². The first kappa shape index (κ1) is 24.3. The van der Waals surface area contributed by atoms with E-state index >= 15 is 0 Å². The van der Waals surface area contributed by atoms with Crippen molar-refractivity contribution in [3.05, 3.63) is 0 Å². The van der Waals surface area contributed by atoms with Crippen LogP contribution < -0.4 is 5.32 Å². The fraction of sp³-hybridized carbons (Fsp3) is 0.917. The number of amides is 1. The summed E-state index contributed by atoms with van der Waals surface area (Å²) in [4.78, 5) is 24.7. The molecule has 7 heteroatoms. The molecule has 3 aliphatic rings. The van der Waals surface area contributed by atoms with Crippen molar-refractivity contribution in [3.8, 4) is 0 Å². The third kappa shape index (κ3) is 6.58. The van der Waals surface area contributed by atoms with E-state index in [1.165, 1.54) is 25.7 Å². The molecule has 1 N–H and O–H groups in total. The number of ether oxygens (including phenoxy) is 1. The maximum atomic E-state index is 12.8. The Hall–Kier alpha value is -1.34. The van der Waals surface area contributed by atoms with E-state index in [4.69, 9.17) is 9.73 Å². The van der Waals surface area contributed by atoms with Crippen molar-refractivity contribution >= 4 is 11.9 Å².